The van der Waals surface area contributed by atoms with E-state index in [4.69, 9.17) is 0 Å². The molecule has 1 saturated heterocycles. The monoisotopic (exact) mass is 378 g/mol. The molecule has 134 valence electrons. The van der Waals surface area contributed by atoms with Crippen LogP contribution in [0.2, 0.25) is 0 Å². The molecule has 0 radical (unpaired) electrons. The zero-order chi connectivity index (χ0) is 18.0. The lowest BCUT2D eigenvalue weighted by molar-refractivity contribution is 0.0745. The molecule has 0 N–H and O–H groups in total. The van der Waals surface area contributed by atoms with Gasteiger partial charge in [0.05, 0.1) is 10.9 Å². The predicted octanol–water partition coefficient (Wildman–Crippen LogP) is 3.37. The summed E-state index contributed by atoms with van der Waals surface area (Å²) < 4.78 is 26.6. The molecule has 1 fully saturated rings. The Kier molecular flexibility index (Phi) is 5.27. The number of amides is 1. The number of benzene rings is 1. The normalized spacial score (nSPS) is 16.7. The second kappa shape index (κ2) is 7.27. The maximum atomic E-state index is 12.7. The van der Waals surface area contributed by atoms with Crippen LogP contribution >= 0.6 is 11.3 Å². The Hall–Kier alpha value is -1.70. The summed E-state index contributed by atoms with van der Waals surface area (Å²) >= 11 is 1.61. The fourth-order valence-corrected chi connectivity index (χ4v) is 5.29. The van der Waals surface area contributed by atoms with Gasteiger partial charge in [-0.25, -0.2) is 8.42 Å². The third kappa shape index (κ3) is 3.63. The molecule has 1 aliphatic rings. The maximum absolute atomic E-state index is 12.7. The molecular weight excluding hydrogens is 356 g/mol. The average Bonchev–Trinajstić information content (AvgIpc) is 3.33. The molecular formula is C18H22N2O3S2. The van der Waals surface area contributed by atoms with Crippen LogP contribution in [0.15, 0.2) is 46.7 Å². The maximum Gasteiger partial charge on any atom is 0.254 e. The number of carbonyl (C=O) groups excluding carboxylic acids is 1. The third-order valence-corrected chi connectivity index (χ3v) is 7.62. The Labute approximate surface area is 152 Å². The van der Waals surface area contributed by atoms with Gasteiger partial charge in [0.2, 0.25) is 10.0 Å². The molecule has 25 heavy (non-hydrogen) atoms. The first-order valence-electron chi connectivity index (χ1n) is 8.32. The van der Waals surface area contributed by atoms with Crippen LogP contribution in [0.5, 0.6) is 0 Å². The van der Waals surface area contributed by atoms with Gasteiger partial charge in [0.1, 0.15) is 0 Å². The number of nitrogens with zero attached hydrogens (tertiary/aromatic N) is 2. The molecule has 0 spiro atoms. The van der Waals surface area contributed by atoms with E-state index in [1.807, 2.05) is 24.4 Å². The highest BCUT2D eigenvalue weighted by atomic mass is 32.2. The number of sulfonamides is 1. The van der Waals surface area contributed by atoms with Crippen molar-refractivity contribution in [1.82, 2.24) is 9.21 Å². The van der Waals surface area contributed by atoms with Crippen molar-refractivity contribution in [2.75, 3.05) is 20.1 Å². The second-order valence-electron chi connectivity index (χ2n) is 6.24. The predicted molar refractivity (Wildman–Crippen MR) is 99.3 cm³/mol. The van der Waals surface area contributed by atoms with Gasteiger partial charge in [-0.2, -0.15) is 4.31 Å². The molecule has 0 aliphatic carbocycles. The molecule has 0 saturated carbocycles. The van der Waals surface area contributed by atoms with Crippen molar-refractivity contribution in [2.24, 2.45) is 0 Å². The van der Waals surface area contributed by atoms with Crippen molar-refractivity contribution in [1.29, 1.82) is 0 Å². The lowest BCUT2D eigenvalue weighted by atomic mass is 10.1. The largest absolute Gasteiger partial charge is 0.334 e. The summed E-state index contributed by atoms with van der Waals surface area (Å²) in [4.78, 5) is 15.7. The summed E-state index contributed by atoms with van der Waals surface area (Å²) in [5.74, 6) is -0.119. The third-order valence-electron chi connectivity index (χ3n) is 4.66. The highest BCUT2D eigenvalue weighted by molar-refractivity contribution is 7.89. The van der Waals surface area contributed by atoms with E-state index in [0.717, 1.165) is 17.7 Å². The molecule has 1 aromatic carbocycles. The van der Waals surface area contributed by atoms with E-state index >= 15 is 0 Å². The molecule has 1 aromatic heterocycles. The van der Waals surface area contributed by atoms with Crippen molar-refractivity contribution < 1.29 is 13.2 Å². The van der Waals surface area contributed by atoms with E-state index in [9.17, 15) is 13.2 Å². The van der Waals surface area contributed by atoms with Crippen molar-refractivity contribution in [3.8, 4) is 0 Å². The zero-order valence-corrected chi connectivity index (χ0v) is 16.0. The number of carbonyl (C=O) groups is 1. The minimum absolute atomic E-state index is 0.0273. The van der Waals surface area contributed by atoms with Crippen molar-refractivity contribution in [3.05, 3.63) is 52.2 Å². The Morgan fingerprint density at radius 2 is 1.80 bits per heavy atom. The van der Waals surface area contributed by atoms with Crippen LogP contribution in [-0.4, -0.2) is 43.7 Å². The van der Waals surface area contributed by atoms with Gasteiger partial charge in [0, 0.05) is 30.6 Å². The SMILES string of the molecule is CC(c1cccs1)N(C)C(=O)c1ccc(S(=O)(=O)N2CCCC2)cc1. The van der Waals surface area contributed by atoms with Crippen LogP contribution in [-0.2, 0) is 10.0 Å². The summed E-state index contributed by atoms with van der Waals surface area (Å²) in [5, 5.41) is 1.99. The van der Waals surface area contributed by atoms with Gasteiger partial charge in [-0.05, 0) is 55.5 Å². The smallest absolute Gasteiger partial charge is 0.254 e. The zero-order valence-electron chi connectivity index (χ0n) is 14.4. The molecule has 7 heteroatoms. The first-order chi connectivity index (χ1) is 11.9. The quantitative estimate of drug-likeness (QED) is 0.801. The average molecular weight is 379 g/mol. The van der Waals surface area contributed by atoms with E-state index in [0.29, 0.717) is 18.7 Å². The molecule has 1 amide bonds. The number of hydrogen-bond acceptors (Lipinski definition) is 4. The van der Waals surface area contributed by atoms with Gasteiger partial charge in [-0.1, -0.05) is 6.07 Å². The Morgan fingerprint density at radius 3 is 2.36 bits per heavy atom. The van der Waals surface area contributed by atoms with E-state index < -0.39 is 10.0 Å². The molecule has 1 unspecified atom stereocenters. The summed E-state index contributed by atoms with van der Waals surface area (Å²) in [6, 6.07) is 10.2. The molecule has 0 bridgehead atoms. The van der Waals surface area contributed by atoms with Crippen LogP contribution in [0, 0.1) is 0 Å². The summed E-state index contributed by atoms with van der Waals surface area (Å²) in [5.41, 5.74) is 0.492. The van der Waals surface area contributed by atoms with E-state index in [-0.39, 0.29) is 16.8 Å². The van der Waals surface area contributed by atoms with Gasteiger partial charge < -0.3 is 4.90 Å². The Balaban J connectivity index is 1.76. The number of hydrogen-bond donors (Lipinski definition) is 0. The van der Waals surface area contributed by atoms with Crippen molar-refractivity contribution in [3.63, 3.8) is 0 Å². The standard InChI is InChI=1S/C18H22N2O3S2/c1-14(17-6-5-13-24-17)19(2)18(21)15-7-9-16(10-8-15)25(22,23)20-11-3-4-12-20/h5-10,13-14H,3-4,11-12H2,1-2H3. The van der Waals surface area contributed by atoms with Crippen molar-refractivity contribution in [2.45, 2.75) is 30.7 Å². The number of rotatable bonds is 5. The highest BCUT2D eigenvalue weighted by Crippen LogP contribution is 2.26. The first kappa shape index (κ1) is 18.1. The highest BCUT2D eigenvalue weighted by Gasteiger charge is 2.27. The summed E-state index contributed by atoms with van der Waals surface area (Å²) in [6.07, 6.45) is 1.81. The molecule has 2 heterocycles. The van der Waals surface area contributed by atoms with Crippen LogP contribution in [0.1, 0.15) is 41.0 Å². The van der Waals surface area contributed by atoms with Gasteiger partial charge in [0.15, 0.2) is 0 Å². The second-order valence-corrected chi connectivity index (χ2v) is 9.16. The van der Waals surface area contributed by atoms with Crippen LogP contribution in [0.25, 0.3) is 0 Å². The minimum atomic E-state index is -3.44. The summed E-state index contributed by atoms with van der Waals surface area (Å²) in [7, 11) is -1.68. The lowest BCUT2D eigenvalue weighted by Crippen LogP contribution is -2.30. The van der Waals surface area contributed by atoms with Crippen LogP contribution < -0.4 is 0 Å². The molecule has 3 rings (SSSR count). The van der Waals surface area contributed by atoms with E-state index in [2.05, 4.69) is 0 Å². The van der Waals surface area contributed by atoms with Crippen molar-refractivity contribution >= 4 is 27.3 Å². The lowest BCUT2D eigenvalue weighted by Gasteiger charge is -2.24. The van der Waals surface area contributed by atoms with E-state index in [1.54, 1.807) is 35.4 Å². The van der Waals surface area contributed by atoms with Gasteiger partial charge in [-0.15, -0.1) is 11.3 Å². The molecule has 1 atom stereocenters. The molecule has 2 aromatic rings. The Morgan fingerprint density at radius 1 is 1.16 bits per heavy atom. The van der Waals surface area contributed by atoms with Gasteiger partial charge in [-0.3, -0.25) is 4.79 Å². The summed E-state index contributed by atoms with van der Waals surface area (Å²) in [6.45, 7) is 3.13. The molecule has 1 aliphatic heterocycles. The minimum Gasteiger partial charge on any atom is -0.334 e. The van der Waals surface area contributed by atoms with Gasteiger partial charge >= 0.3 is 0 Å². The van der Waals surface area contributed by atoms with Crippen LogP contribution in [0.4, 0.5) is 0 Å². The van der Waals surface area contributed by atoms with E-state index in [1.165, 1.54) is 16.4 Å². The fraction of sp³-hybridized carbons (Fsp3) is 0.389. The number of thiophene rings is 1. The topological polar surface area (TPSA) is 57.7 Å². The molecule has 5 nitrogen and oxygen atoms in total. The van der Waals surface area contributed by atoms with Gasteiger partial charge in [0.25, 0.3) is 5.91 Å². The fourth-order valence-electron chi connectivity index (χ4n) is 2.95. The van der Waals surface area contributed by atoms with Crippen LogP contribution in [0.3, 0.4) is 0 Å². The Bertz CT molecular complexity index is 824. The first-order valence-corrected chi connectivity index (χ1v) is 10.6.